The van der Waals surface area contributed by atoms with Crippen LogP contribution in [0.3, 0.4) is 0 Å². The molecule has 5 rings (SSSR count). The van der Waals surface area contributed by atoms with Crippen LogP contribution in [0.1, 0.15) is 37.9 Å². The first kappa shape index (κ1) is 22.2. The number of aromatic nitrogens is 1. The number of carbonyl (C=O) groups excluding carboxylic acids is 2. The minimum Gasteiger partial charge on any atom is -0.489 e. The maximum Gasteiger partial charge on any atom is 0.339 e. The fourth-order valence-electron chi connectivity index (χ4n) is 3.92. The third-order valence-electron chi connectivity index (χ3n) is 5.76. The highest BCUT2D eigenvalue weighted by Gasteiger charge is 2.28. The summed E-state index contributed by atoms with van der Waals surface area (Å²) in [6.07, 6.45) is 0.590. The summed E-state index contributed by atoms with van der Waals surface area (Å²) in [5, 5.41) is 0.786. The number of aromatic amines is 1. The molecule has 0 radical (unpaired) electrons. The maximum absolute atomic E-state index is 13.5. The number of nitrogens with one attached hydrogen (secondary N) is 1. The highest BCUT2D eigenvalue weighted by Crippen LogP contribution is 2.28. The quantitative estimate of drug-likeness (QED) is 0.211. The third kappa shape index (κ3) is 4.99. The lowest BCUT2D eigenvalue weighted by Gasteiger charge is -2.17. The van der Waals surface area contributed by atoms with Crippen LogP contribution < -0.4 is 4.74 Å². The molecule has 4 aromatic carbocycles. The molecule has 5 heteroatoms. The SMILES string of the molecule is O=C(OC(C(=O)c1c[nH]c2ccccc12)c1ccccc1)c1ccc(OCc2ccccc2)cc1. The largest absolute Gasteiger partial charge is 0.489 e. The van der Waals surface area contributed by atoms with Crippen molar-refractivity contribution in [2.24, 2.45) is 0 Å². The number of fused-ring (bicyclic) bond motifs is 1. The van der Waals surface area contributed by atoms with Crippen molar-refractivity contribution in [3.05, 3.63) is 138 Å². The fourth-order valence-corrected chi connectivity index (χ4v) is 3.92. The van der Waals surface area contributed by atoms with Crippen LogP contribution in [0.2, 0.25) is 0 Å². The third-order valence-corrected chi connectivity index (χ3v) is 5.76. The highest BCUT2D eigenvalue weighted by molar-refractivity contribution is 6.11. The summed E-state index contributed by atoms with van der Waals surface area (Å²) in [7, 11) is 0. The second-order valence-electron chi connectivity index (χ2n) is 8.11. The van der Waals surface area contributed by atoms with Crippen molar-refractivity contribution in [1.29, 1.82) is 0 Å². The zero-order valence-electron chi connectivity index (χ0n) is 18.9. The van der Waals surface area contributed by atoms with Crippen molar-refractivity contribution in [2.75, 3.05) is 0 Å². The van der Waals surface area contributed by atoms with E-state index in [4.69, 9.17) is 9.47 Å². The lowest BCUT2D eigenvalue weighted by molar-refractivity contribution is 0.0280. The Morgan fingerprint density at radius 2 is 1.40 bits per heavy atom. The molecular formula is C30H23NO4. The lowest BCUT2D eigenvalue weighted by Crippen LogP contribution is -2.20. The number of ketones is 1. The summed E-state index contributed by atoms with van der Waals surface area (Å²) in [5.74, 6) is -0.230. The predicted octanol–water partition coefficient (Wildman–Crippen LogP) is 6.53. The summed E-state index contributed by atoms with van der Waals surface area (Å²) >= 11 is 0. The van der Waals surface area contributed by atoms with Gasteiger partial charge in [0.1, 0.15) is 12.4 Å². The number of ether oxygens (including phenoxy) is 2. The second kappa shape index (κ2) is 10.1. The van der Waals surface area contributed by atoms with E-state index in [-0.39, 0.29) is 5.78 Å². The molecule has 5 aromatic rings. The standard InChI is InChI=1S/C30H23NO4/c32-28(26-19-31-27-14-8-7-13-25(26)27)29(22-11-5-2-6-12-22)35-30(33)23-15-17-24(18-16-23)34-20-21-9-3-1-4-10-21/h1-19,29,31H,20H2. The average molecular weight is 462 g/mol. The molecule has 1 N–H and O–H groups in total. The number of carbonyl (C=O) groups is 2. The first-order valence-corrected chi connectivity index (χ1v) is 11.3. The molecule has 0 aliphatic rings. The number of hydrogen-bond donors (Lipinski definition) is 1. The van der Waals surface area contributed by atoms with Gasteiger partial charge in [-0.1, -0.05) is 78.9 Å². The monoisotopic (exact) mass is 461 g/mol. The minimum absolute atomic E-state index is 0.287. The van der Waals surface area contributed by atoms with E-state index in [0.717, 1.165) is 16.5 Å². The van der Waals surface area contributed by atoms with E-state index in [1.54, 1.807) is 42.6 Å². The Morgan fingerprint density at radius 3 is 2.14 bits per heavy atom. The first-order valence-electron chi connectivity index (χ1n) is 11.3. The van der Waals surface area contributed by atoms with E-state index in [9.17, 15) is 9.59 Å². The van der Waals surface area contributed by atoms with Crippen molar-refractivity contribution in [1.82, 2.24) is 4.98 Å². The zero-order chi connectivity index (χ0) is 24.0. The molecule has 0 aliphatic heterocycles. The molecule has 1 unspecified atom stereocenters. The topological polar surface area (TPSA) is 68.4 Å². The van der Waals surface area contributed by atoms with Crippen LogP contribution in [0, 0.1) is 0 Å². The predicted molar refractivity (Wildman–Crippen MR) is 134 cm³/mol. The molecule has 0 aliphatic carbocycles. The molecule has 0 spiro atoms. The highest BCUT2D eigenvalue weighted by atomic mass is 16.5. The molecule has 5 nitrogen and oxygen atoms in total. The van der Waals surface area contributed by atoms with Crippen molar-refractivity contribution in [3.63, 3.8) is 0 Å². The number of benzene rings is 4. The summed E-state index contributed by atoms with van der Waals surface area (Å²) in [6, 6.07) is 33.2. The number of hydrogen-bond acceptors (Lipinski definition) is 4. The normalized spacial score (nSPS) is 11.7. The molecule has 1 heterocycles. The number of H-pyrrole nitrogens is 1. The molecular weight excluding hydrogens is 438 g/mol. The van der Waals surface area contributed by atoms with Gasteiger partial charge < -0.3 is 14.5 Å². The lowest BCUT2D eigenvalue weighted by atomic mass is 9.99. The fraction of sp³-hybridized carbons (Fsp3) is 0.0667. The van der Waals surface area contributed by atoms with Gasteiger partial charge in [0.25, 0.3) is 0 Å². The van der Waals surface area contributed by atoms with Crippen molar-refractivity contribution < 1.29 is 19.1 Å². The van der Waals surface area contributed by atoms with Crippen LogP contribution >= 0.6 is 0 Å². The Balaban J connectivity index is 1.35. The van der Waals surface area contributed by atoms with Crippen LogP contribution in [0.5, 0.6) is 5.75 Å². The smallest absolute Gasteiger partial charge is 0.339 e. The van der Waals surface area contributed by atoms with Crippen LogP contribution in [-0.2, 0) is 11.3 Å². The van der Waals surface area contributed by atoms with E-state index in [1.807, 2.05) is 72.8 Å². The number of rotatable bonds is 8. The first-order chi connectivity index (χ1) is 17.2. The number of Topliss-reactive ketones (excluding diaryl/α,β-unsaturated/α-hetero) is 1. The van der Waals surface area contributed by atoms with Gasteiger partial charge in [0.05, 0.1) is 5.56 Å². The summed E-state index contributed by atoms with van der Waals surface area (Å²) < 4.78 is 11.6. The molecule has 172 valence electrons. The summed E-state index contributed by atoms with van der Waals surface area (Å²) in [6.45, 7) is 0.430. The molecule has 1 aromatic heterocycles. The van der Waals surface area contributed by atoms with Gasteiger partial charge in [-0.15, -0.1) is 0 Å². The van der Waals surface area contributed by atoms with Crippen LogP contribution in [0.4, 0.5) is 0 Å². The van der Waals surface area contributed by atoms with Crippen molar-refractivity contribution in [3.8, 4) is 5.75 Å². The van der Waals surface area contributed by atoms with Gasteiger partial charge in [-0.25, -0.2) is 4.79 Å². The Kier molecular flexibility index (Phi) is 6.39. The van der Waals surface area contributed by atoms with E-state index in [1.165, 1.54) is 0 Å². The average Bonchev–Trinajstić information content (AvgIpc) is 3.36. The van der Waals surface area contributed by atoms with Gasteiger partial charge in [-0.05, 0) is 35.9 Å². The molecule has 35 heavy (non-hydrogen) atoms. The van der Waals surface area contributed by atoms with Gasteiger partial charge in [0.2, 0.25) is 5.78 Å². The molecule has 1 atom stereocenters. The van der Waals surface area contributed by atoms with E-state index >= 15 is 0 Å². The Bertz CT molecular complexity index is 1440. The maximum atomic E-state index is 13.5. The van der Waals surface area contributed by atoms with Crippen molar-refractivity contribution >= 4 is 22.7 Å². The van der Waals surface area contributed by atoms with E-state index in [2.05, 4.69) is 4.98 Å². The number of esters is 1. The Hall–Kier alpha value is -4.64. The van der Waals surface area contributed by atoms with E-state index in [0.29, 0.717) is 29.0 Å². The Labute approximate surface area is 203 Å². The molecule has 0 saturated heterocycles. The summed E-state index contributed by atoms with van der Waals surface area (Å²) in [4.78, 5) is 29.7. The molecule has 0 bridgehead atoms. The van der Waals surface area contributed by atoms with Gasteiger partial charge >= 0.3 is 5.97 Å². The number of para-hydroxylation sites is 1. The van der Waals surface area contributed by atoms with Gasteiger partial charge in [-0.2, -0.15) is 0 Å². The van der Waals surface area contributed by atoms with Crippen LogP contribution in [0.15, 0.2) is 115 Å². The summed E-state index contributed by atoms with van der Waals surface area (Å²) in [5.41, 5.74) is 3.33. The zero-order valence-corrected chi connectivity index (χ0v) is 18.9. The minimum atomic E-state index is -1.07. The second-order valence-corrected chi connectivity index (χ2v) is 8.11. The van der Waals surface area contributed by atoms with Gasteiger partial charge in [0, 0.05) is 28.2 Å². The molecule has 0 fully saturated rings. The van der Waals surface area contributed by atoms with Gasteiger partial charge in [0.15, 0.2) is 6.10 Å². The van der Waals surface area contributed by atoms with Crippen molar-refractivity contribution in [2.45, 2.75) is 12.7 Å². The Morgan fingerprint density at radius 1 is 0.743 bits per heavy atom. The van der Waals surface area contributed by atoms with Gasteiger partial charge in [-0.3, -0.25) is 4.79 Å². The van der Waals surface area contributed by atoms with E-state index < -0.39 is 12.1 Å². The molecule has 0 amide bonds. The van der Waals surface area contributed by atoms with Crippen LogP contribution in [-0.4, -0.2) is 16.7 Å². The van der Waals surface area contributed by atoms with Crippen LogP contribution in [0.25, 0.3) is 10.9 Å². The molecule has 0 saturated carbocycles.